The van der Waals surface area contributed by atoms with Crippen LogP contribution in [0.25, 0.3) is 0 Å². The fourth-order valence-corrected chi connectivity index (χ4v) is 5.86. The molecule has 2 aromatic rings. The summed E-state index contributed by atoms with van der Waals surface area (Å²) in [4.78, 5) is 28.2. The van der Waals surface area contributed by atoms with Crippen molar-refractivity contribution in [1.82, 2.24) is 14.6 Å². The van der Waals surface area contributed by atoms with Crippen molar-refractivity contribution in [3.8, 4) is 0 Å². The highest BCUT2D eigenvalue weighted by Gasteiger charge is 2.54. The standard InChI is InChI=1S/C24H35N4O9PS/c1-23(2,15-29)21(31)39-12-11-35-38(34,26-13-16-7-5-4-6-8-16)36-14-17-19(30)24(3,33)20(37-17)28-10-9-18(25)27-22(28)32/h4-10,17,19-20,29-30,33H,11-15H2,1-3H3,(H,26,34)(H2,25,27,32)/t17-,19-,20?,24-,38?/m1/s1. The van der Waals surface area contributed by atoms with Crippen molar-refractivity contribution < 1.29 is 38.5 Å². The number of nitrogens with one attached hydrogen (secondary N) is 1. The molecule has 1 aliphatic heterocycles. The zero-order valence-electron chi connectivity index (χ0n) is 21.9. The minimum atomic E-state index is -4.02. The second-order valence-electron chi connectivity index (χ2n) is 9.86. The van der Waals surface area contributed by atoms with E-state index in [-0.39, 0.29) is 36.4 Å². The van der Waals surface area contributed by atoms with Crippen LogP contribution in [-0.2, 0) is 29.7 Å². The molecule has 2 unspecified atom stereocenters. The van der Waals surface area contributed by atoms with E-state index >= 15 is 0 Å². The van der Waals surface area contributed by atoms with Crippen LogP contribution in [0.5, 0.6) is 0 Å². The number of nitrogens with zero attached hydrogens (tertiary/aromatic N) is 2. The second kappa shape index (κ2) is 13.0. The summed E-state index contributed by atoms with van der Waals surface area (Å²) >= 11 is 0.934. The van der Waals surface area contributed by atoms with Gasteiger partial charge in [-0.15, -0.1) is 0 Å². The molecule has 39 heavy (non-hydrogen) atoms. The number of ether oxygens (including phenoxy) is 1. The number of aliphatic hydroxyl groups is 3. The van der Waals surface area contributed by atoms with Crippen LogP contribution >= 0.6 is 19.5 Å². The number of aliphatic hydroxyl groups excluding tert-OH is 2. The minimum absolute atomic E-state index is 0.0170. The highest BCUT2D eigenvalue weighted by molar-refractivity contribution is 8.13. The number of hydrogen-bond acceptors (Lipinski definition) is 12. The van der Waals surface area contributed by atoms with Gasteiger partial charge in [0.25, 0.3) is 0 Å². The third-order valence-corrected chi connectivity index (χ3v) is 8.86. The molecule has 5 atom stereocenters. The van der Waals surface area contributed by atoms with Gasteiger partial charge in [-0.05, 0) is 32.4 Å². The van der Waals surface area contributed by atoms with Gasteiger partial charge in [-0.2, -0.15) is 4.98 Å². The molecule has 3 rings (SSSR count). The topological polar surface area (TPSA) is 195 Å². The van der Waals surface area contributed by atoms with E-state index in [1.807, 2.05) is 30.3 Å². The molecule has 0 radical (unpaired) electrons. The van der Waals surface area contributed by atoms with Crippen LogP contribution < -0.4 is 16.5 Å². The predicted molar refractivity (Wildman–Crippen MR) is 145 cm³/mol. The first kappa shape index (κ1) is 31.4. The van der Waals surface area contributed by atoms with Crippen LogP contribution in [0.3, 0.4) is 0 Å². The number of nitrogen functional groups attached to an aromatic ring is 1. The zero-order chi connectivity index (χ0) is 28.8. The van der Waals surface area contributed by atoms with Gasteiger partial charge in [0.2, 0.25) is 0 Å². The normalized spacial score (nSPS) is 24.9. The third-order valence-electron chi connectivity index (χ3n) is 6.11. The molecular formula is C24H35N4O9PS. The number of aromatic nitrogens is 2. The van der Waals surface area contributed by atoms with E-state index in [1.165, 1.54) is 19.2 Å². The summed E-state index contributed by atoms with van der Waals surface area (Å²) in [7, 11) is -4.02. The van der Waals surface area contributed by atoms with E-state index in [1.54, 1.807) is 13.8 Å². The van der Waals surface area contributed by atoms with Gasteiger partial charge < -0.3 is 25.8 Å². The number of carbonyl (C=O) groups is 1. The molecule has 1 saturated heterocycles. The first-order valence-corrected chi connectivity index (χ1v) is 14.7. The van der Waals surface area contributed by atoms with E-state index in [0.29, 0.717) is 0 Å². The van der Waals surface area contributed by atoms with E-state index in [0.717, 1.165) is 21.9 Å². The van der Waals surface area contributed by atoms with Gasteiger partial charge in [-0.25, -0.2) is 14.4 Å². The molecule has 6 N–H and O–H groups in total. The molecule has 0 bridgehead atoms. The Balaban J connectivity index is 1.68. The monoisotopic (exact) mass is 586 g/mol. The maximum Gasteiger partial charge on any atom is 0.405 e. The average molecular weight is 587 g/mol. The van der Waals surface area contributed by atoms with Crippen LogP contribution in [0.1, 0.15) is 32.6 Å². The molecule has 0 saturated carbocycles. The Morgan fingerprint density at radius 1 is 1.31 bits per heavy atom. The SMILES string of the molecule is CC(C)(CO)C(=O)SCCOP(=O)(NCc1ccccc1)OC[C@H]1OC(n2ccc(N)nc2=O)[C@](C)(O)[C@@H]1O. The Morgan fingerprint density at radius 2 is 2.00 bits per heavy atom. The number of anilines is 1. The quantitative estimate of drug-likeness (QED) is 0.165. The lowest BCUT2D eigenvalue weighted by Gasteiger charge is -2.27. The van der Waals surface area contributed by atoms with Crippen molar-refractivity contribution >= 4 is 30.4 Å². The molecule has 13 nitrogen and oxygen atoms in total. The first-order valence-electron chi connectivity index (χ1n) is 12.2. The minimum Gasteiger partial charge on any atom is -0.395 e. The molecule has 15 heteroatoms. The fourth-order valence-electron chi connectivity index (χ4n) is 3.62. The summed E-state index contributed by atoms with van der Waals surface area (Å²) in [6.07, 6.45) is -2.75. The summed E-state index contributed by atoms with van der Waals surface area (Å²) < 4.78 is 31.5. The summed E-state index contributed by atoms with van der Waals surface area (Å²) in [6.45, 7) is 3.74. The van der Waals surface area contributed by atoms with Crippen LogP contribution in [-0.4, -0.2) is 73.4 Å². The van der Waals surface area contributed by atoms with Gasteiger partial charge in [0.05, 0.1) is 25.2 Å². The number of thioether (sulfide) groups is 1. The van der Waals surface area contributed by atoms with Crippen molar-refractivity contribution in [2.45, 2.75) is 51.4 Å². The molecule has 0 spiro atoms. The summed E-state index contributed by atoms with van der Waals surface area (Å²) in [5.74, 6) is 0.131. The molecule has 1 fully saturated rings. The zero-order valence-corrected chi connectivity index (χ0v) is 23.6. The lowest BCUT2D eigenvalue weighted by atomic mass is 9.96. The number of benzene rings is 1. The molecule has 1 aromatic heterocycles. The lowest BCUT2D eigenvalue weighted by Crippen LogP contribution is -2.46. The smallest absolute Gasteiger partial charge is 0.395 e. The summed E-state index contributed by atoms with van der Waals surface area (Å²) in [5.41, 5.74) is 2.69. The van der Waals surface area contributed by atoms with Crippen molar-refractivity contribution in [2.24, 2.45) is 5.41 Å². The van der Waals surface area contributed by atoms with Gasteiger partial charge in [0.1, 0.15) is 23.6 Å². The molecule has 1 aliphatic rings. The number of carbonyl (C=O) groups excluding carboxylic acids is 1. The van der Waals surface area contributed by atoms with Gasteiger partial charge in [0.15, 0.2) is 11.3 Å². The highest BCUT2D eigenvalue weighted by atomic mass is 32.2. The Kier molecular flexibility index (Phi) is 10.5. The Bertz CT molecular complexity index is 1230. The van der Waals surface area contributed by atoms with E-state index in [2.05, 4.69) is 10.1 Å². The van der Waals surface area contributed by atoms with Gasteiger partial charge in [-0.3, -0.25) is 18.4 Å². The van der Waals surface area contributed by atoms with E-state index < -0.39 is 49.5 Å². The molecule has 0 aliphatic carbocycles. The van der Waals surface area contributed by atoms with Gasteiger partial charge in [-0.1, -0.05) is 42.1 Å². The van der Waals surface area contributed by atoms with Crippen molar-refractivity contribution in [2.75, 3.05) is 31.3 Å². The van der Waals surface area contributed by atoms with Crippen LogP contribution in [0.4, 0.5) is 5.82 Å². The Hall–Kier alpha value is -2.13. The summed E-state index contributed by atoms with van der Waals surface area (Å²) in [5, 5.41) is 33.5. The number of hydrogen-bond donors (Lipinski definition) is 5. The number of rotatable bonds is 13. The third kappa shape index (κ3) is 7.97. The maximum atomic E-state index is 13.6. The molecule has 2 heterocycles. The highest BCUT2D eigenvalue weighted by Crippen LogP contribution is 2.46. The van der Waals surface area contributed by atoms with E-state index in [4.69, 9.17) is 19.5 Å². The Morgan fingerprint density at radius 3 is 2.64 bits per heavy atom. The average Bonchev–Trinajstić information content (AvgIpc) is 3.13. The van der Waals surface area contributed by atoms with Gasteiger partial charge in [0, 0.05) is 18.5 Å². The van der Waals surface area contributed by atoms with Crippen molar-refractivity contribution in [3.63, 3.8) is 0 Å². The molecular weight excluding hydrogens is 551 g/mol. The summed E-state index contributed by atoms with van der Waals surface area (Å²) in [6, 6.07) is 10.4. The van der Waals surface area contributed by atoms with Gasteiger partial charge >= 0.3 is 13.4 Å². The van der Waals surface area contributed by atoms with Crippen LogP contribution in [0.2, 0.25) is 0 Å². The van der Waals surface area contributed by atoms with Crippen LogP contribution in [0, 0.1) is 5.41 Å². The van der Waals surface area contributed by atoms with E-state index in [9.17, 15) is 29.5 Å². The maximum absolute atomic E-state index is 13.6. The first-order chi connectivity index (χ1) is 18.3. The fraction of sp³-hybridized carbons (Fsp3) is 0.542. The van der Waals surface area contributed by atoms with Crippen LogP contribution in [0.15, 0.2) is 47.4 Å². The molecule has 216 valence electrons. The molecule has 1 aromatic carbocycles. The second-order valence-corrected chi connectivity index (χ2v) is 12.8. The van der Waals surface area contributed by atoms with Crippen molar-refractivity contribution in [3.05, 3.63) is 58.6 Å². The molecule has 0 amide bonds. The Labute approximate surface area is 230 Å². The lowest BCUT2D eigenvalue weighted by molar-refractivity contribution is -0.119. The largest absolute Gasteiger partial charge is 0.405 e. The van der Waals surface area contributed by atoms with Crippen molar-refractivity contribution in [1.29, 1.82) is 0 Å². The number of nitrogens with two attached hydrogens (primary N) is 1. The predicted octanol–water partition coefficient (Wildman–Crippen LogP) is 1.04.